The smallest absolute Gasteiger partial charge is 0.0998 e. The molecule has 2 nitrogen and oxygen atoms in total. The third-order valence-corrected chi connectivity index (χ3v) is 2.60. The zero-order valence-electron chi connectivity index (χ0n) is 9.44. The van der Waals surface area contributed by atoms with Crippen LogP contribution in [0.25, 0.3) is 11.1 Å². The van der Waals surface area contributed by atoms with E-state index in [0.717, 1.165) is 16.7 Å². The highest BCUT2D eigenvalue weighted by atomic mass is 14.3. The Morgan fingerprint density at radius 1 is 0.941 bits per heavy atom. The average Bonchev–Trinajstić information content (AvgIpc) is 2.38. The van der Waals surface area contributed by atoms with E-state index in [2.05, 4.69) is 12.1 Å². The van der Waals surface area contributed by atoms with Crippen molar-refractivity contribution in [1.29, 1.82) is 10.5 Å². The van der Waals surface area contributed by atoms with Gasteiger partial charge >= 0.3 is 0 Å². The Bertz CT molecular complexity index is 643. The molecule has 0 fully saturated rings. The van der Waals surface area contributed by atoms with E-state index in [0.29, 0.717) is 11.1 Å². The fourth-order valence-electron chi connectivity index (χ4n) is 1.76. The van der Waals surface area contributed by atoms with Crippen molar-refractivity contribution in [1.82, 2.24) is 0 Å². The van der Waals surface area contributed by atoms with Gasteiger partial charge < -0.3 is 0 Å². The summed E-state index contributed by atoms with van der Waals surface area (Å²) in [5.74, 6) is 0. The van der Waals surface area contributed by atoms with Crippen molar-refractivity contribution in [2.24, 2.45) is 0 Å². The molecule has 0 aliphatic carbocycles. The van der Waals surface area contributed by atoms with Crippen molar-refractivity contribution in [2.75, 3.05) is 0 Å². The monoisotopic (exact) mass is 218 g/mol. The summed E-state index contributed by atoms with van der Waals surface area (Å²) in [6.07, 6.45) is 0. The van der Waals surface area contributed by atoms with Crippen LogP contribution in [0.15, 0.2) is 42.5 Å². The van der Waals surface area contributed by atoms with Crippen LogP contribution in [-0.2, 0) is 0 Å². The SMILES string of the molecule is Cc1cccc(-c2cc(C#N)ccc2C#N)c1. The first-order chi connectivity index (χ1) is 8.24. The number of benzene rings is 2. The van der Waals surface area contributed by atoms with Crippen molar-refractivity contribution >= 4 is 0 Å². The number of rotatable bonds is 1. The highest BCUT2D eigenvalue weighted by Gasteiger charge is 2.06. The van der Waals surface area contributed by atoms with Crippen LogP contribution in [0.5, 0.6) is 0 Å². The van der Waals surface area contributed by atoms with Gasteiger partial charge in [-0.05, 0) is 30.7 Å². The molecule has 0 saturated heterocycles. The van der Waals surface area contributed by atoms with Crippen molar-refractivity contribution in [2.45, 2.75) is 6.92 Å². The molecule has 0 aliphatic rings. The van der Waals surface area contributed by atoms with Crippen molar-refractivity contribution in [3.63, 3.8) is 0 Å². The molecular weight excluding hydrogens is 208 g/mol. The van der Waals surface area contributed by atoms with Crippen LogP contribution < -0.4 is 0 Å². The quantitative estimate of drug-likeness (QED) is 0.736. The standard InChI is InChI=1S/C15H10N2/c1-11-3-2-4-13(7-11)15-8-12(9-16)5-6-14(15)10-17/h2-8H,1H3. The van der Waals surface area contributed by atoms with Crippen LogP contribution in [0.3, 0.4) is 0 Å². The van der Waals surface area contributed by atoms with Crippen LogP contribution in [-0.4, -0.2) is 0 Å². The van der Waals surface area contributed by atoms with Crippen LogP contribution in [0, 0.1) is 29.6 Å². The summed E-state index contributed by atoms with van der Waals surface area (Å²) in [4.78, 5) is 0. The number of hydrogen-bond acceptors (Lipinski definition) is 2. The molecule has 0 radical (unpaired) electrons. The Morgan fingerprint density at radius 3 is 2.41 bits per heavy atom. The lowest BCUT2D eigenvalue weighted by Gasteiger charge is -2.05. The molecule has 2 heteroatoms. The van der Waals surface area contributed by atoms with Gasteiger partial charge in [0.1, 0.15) is 0 Å². The van der Waals surface area contributed by atoms with Crippen LogP contribution in [0.2, 0.25) is 0 Å². The molecule has 0 N–H and O–H groups in total. The second-order valence-electron chi connectivity index (χ2n) is 3.85. The molecule has 2 aromatic carbocycles. The van der Waals surface area contributed by atoms with E-state index in [1.807, 2.05) is 31.2 Å². The summed E-state index contributed by atoms with van der Waals surface area (Å²) in [6.45, 7) is 2.00. The zero-order valence-corrected chi connectivity index (χ0v) is 9.44. The fraction of sp³-hybridized carbons (Fsp3) is 0.0667. The van der Waals surface area contributed by atoms with Gasteiger partial charge in [-0.15, -0.1) is 0 Å². The number of nitriles is 2. The third-order valence-electron chi connectivity index (χ3n) is 2.60. The lowest BCUT2D eigenvalue weighted by atomic mass is 9.97. The maximum atomic E-state index is 9.08. The number of hydrogen-bond donors (Lipinski definition) is 0. The molecule has 0 bridgehead atoms. The first kappa shape index (κ1) is 10.9. The highest BCUT2D eigenvalue weighted by molar-refractivity contribution is 5.72. The average molecular weight is 218 g/mol. The number of nitrogens with zero attached hydrogens (tertiary/aromatic N) is 2. The van der Waals surface area contributed by atoms with Crippen LogP contribution in [0.1, 0.15) is 16.7 Å². The number of aryl methyl sites for hydroxylation is 1. The molecule has 0 aromatic heterocycles. The van der Waals surface area contributed by atoms with Crippen LogP contribution >= 0.6 is 0 Å². The van der Waals surface area contributed by atoms with E-state index in [-0.39, 0.29) is 0 Å². The molecule has 0 atom stereocenters. The fourth-order valence-corrected chi connectivity index (χ4v) is 1.76. The van der Waals surface area contributed by atoms with Gasteiger partial charge in [-0.2, -0.15) is 10.5 Å². The van der Waals surface area contributed by atoms with E-state index in [4.69, 9.17) is 10.5 Å². The Balaban J connectivity index is 2.66. The van der Waals surface area contributed by atoms with E-state index < -0.39 is 0 Å². The Morgan fingerprint density at radius 2 is 1.76 bits per heavy atom. The van der Waals surface area contributed by atoms with E-state index in [1.54, 1.807) is 18.2 Å². The molecule has 17 heavy (non-hydrogen) atoms. The van der Waals surface area contributed by atoms with Gasteiger partial charge in [0.25, 0.3) is 0 Å². The van der Waals surface area contributed by atoms with Gasteiger partial charge in [0.15, 0.2) is 0 Å². The Hall–Kier alpha value is -2.58. The third kappa shape index (κ3) is 2.17. The summed E-state index contributed by atoms with van der Waals surface area (Å²) < 4.78 is 0. The second-order valence-corrected chi connectivity index (χ2v) is 3.85. The van der Waals surface area contributed by atoms with Crippen molar-refractivity contribution in [3.8, 4) is 23.3 Å². The molecule has 0 spiro atoms. The van der Waals surface area contributed by atoms with Gasteiger partial charge in [-0.1, -0.05) is 29.8 Å². The van der Waals surface area contributed by atoms with Gasteiger partial charge in [-0.25, -0.2) is 0 Å². The van der Waals surface area contributed by atoms with Gasteiger partial charge in [0.2, 0.25) is 0 Å². The molecule has 0 saturated carbocycles. The summed E-state index contributed by atoms with van der Waals surface area (Å²) in [6, 6.07) is 17.3. The topological polar surface area (TPSA) is 47.6 Å². The Kier molecular flexibility index (Phi) is 2.90. The lowest BCUT2D eigenvalue weighted by molar-refractivity contribution is 1.43. The second kappa shape index (κ2) is 4.51. The first-order valence-electron chi connectivity index (χ1n) is 5.26. The zero-order chi connectivity index (χ0) is 12.3. The Labute approximate surface area is 100 Å². The minimum atomic E-state index is 0.570. The summed E-state index contributed by atoms with van der Waals surface area (Å²) in [5, 5.41) is 18.0. The lowest BCUT2D eigenvalue weighted by Crippen LogP contribution is -1.87. The maximum absolute atomic E-state index is 9.08. The molecule has 0 amide bonds. The summed E-state index contributed by atoms with van der Waals surface area (Å²) in [5.41, 5.74) is 4.08. The summed E-state index contributed by atoms with van der Waals surface area (Å²) in [7, 11) is 0. The predicted molar refractivity (Wildman–Crippen MR) is 66.0 cm³/mol. The molecule has 2 aromatic rings. The highest BCUT2D eigenvalue weighted by Crippen LogP contribution is 2.25. The molecule has 0 aliphatic heterocycles. The van der Waals surface area contributed by atoms with Gasteiger partial charge in [0, 0.05) is 5.56 Å². The predicted octanol–water partition coefficient (Wildman–Crippen LogP) is 3.41. The summed E-state index contributed by atoms with van der Waals surface area (Å²) >= 11 is 0. The van der Waals surface area contributed by atoms with Crippen molar-refractivity contribution < 1.29 is 0 Å². The van der Waals surface area contributed by atoms with Gasteiger partial charge in [-0.3, -0.25) is 0 Å². The first-order valence-corrected chi connectivity index (χ1v) is 5.26. The molecule has 0 unspecified atom stereocenters. The minimum absolute atomic E-state index is 0.570. The molecule has 2 rings (SSSR count). The maximum Gasteiger partial charge on any atom is 0.0998 e. The largest absolute Gasteiger partial charge is 0.192 e. The van der Waals surface area contributed by atoms with Crippen molar-refractivity contribution in [3.05, 3.63) is 59.2 Å². The van der Waals surface area contributed by atoms with E-state index in [9.17, 15) is 0 Å². The normalized spacial score (nSPS) is 9.35. The molecule has 0 heterocycles. The molecular formula is C15H10N2. The molecule has 80 valence electrons. The van der Waals surface area contributed by atoms with Crippen LogP contribution in [0.4, 0.5) is 0 Å². The van der Waals surface area contributed by atoms with Gasteiger partial charge in [0.05, 0.1) is 23.3 Å². The van der Waals surface area contributed by atoms with E-state index >= 15 is 0 Å². The van der Waals surface area contributed by atoms with E-state index in [1.165, 1.54) is 0 Å². The minimum Gasteiger partial charge on any atom is -0.192 e.